The quantitative estimate of drug-likeness (QED) is 0.655. The number of carbonyl (C=O) groups is 2. The maximum absolute atomic E-state index is 12.5. The van der Waals surface area contributed by atoms with Gasteiger partial charge in [0.15, 0.2) is 5.13 Å². The minimum absolute atomic E-state index is 0.257. The number of thiazole rings is 2. The summed E-state index contributed by atoms with van der Waals surface area (Å²) in [7, 11) is 0. The van der Waals surface area contributed by atoms with Gasteiger partial charge in [0.25, 0.3) is 5.91 Å². The summed E-state index contributed by atoms with van der Waals surface area (Å²) in [5.74, 6) is -0.946. The fourth-order valence-corrected chi connectivity index (χ4v) is 4.61. The molecule has 1 aliphatic rings. The predicted octanol–water partition coefficient (Wildman–Crippen LogP) is 2.90. The fraction of sp³-hybridized carbons (Fsp3) is 0.294. The molecule has 0 saturated carbocycles. The average Bonchev–Trinajstić information content (AvgIpc) is 3.38. The molecule has 0 aromatic carbocycles. The number of nitrogens with zero attached hydrogens (tertiary/aromatic N) is 4. The molecule has 27 heavy (non-hydrogen) atoms. The predicted molar refractivity (Wildman–Crippen MR) is 101 cm³/mol. The van der Waals surface area contributed by atoms with Crippen molar-refractivity contribution in [1.82, 2.24) is 19.9 Å². The van der Waals surface area contributed by atoms with Gasteiger partial charge in [-0.2, -0.15) is 0 Å². The molecule has 3 aromatic heterocycles. The van der Waals surface area contributed by atoms with Gasteiger partial charge >= 0.3 is 5.97 Å². The average molecular weight is 401 g/mol. The third-order valence-corrected chi connectivity index (χ3v) is 5.94. The Morgan fingerprint density at radius 3 is 3.00 bits per heavy atom. The molecule has 0 spiro atoms. The van der Waals surface area contributed by atoms with E-state index in [2.05, 4.69) is 25.3 Å². The van der Waals surface area contributed by atoms with Crippen molar-refractivity contribution < 1.29 is 14.3 Å². The summed E-state index contributed by atoms with van der Waals surface area (Å²) in [6.45, 7) is 2.12. The Bertz CT molecular complexity index is 986. The molecule has 3 aromatic rings. The SMILES string of the molecule is CCOC(=O)C1CCc2sc(NC(=O)c3csc(-c4cnccn4)n3)nc21. The molecular weight excluding hydrogens is 386 g/mol. The number of hydrogen-bond donors (Lipinski definition) is 1. The molecule has 0 bridgehead atoms. The Kier molecular flexibility index (Phi) is 4.90. The van der Waals surface area contributed by atoms with Gasteiger partial charge in [-0.25, -0.2) is 9.97 Å². The number of aryl methyl sites for hydroxylation is 1. The number of rotatable bonds is 5. The highest BCUT2D eigenvalue weighted by molar-refractivity contribution is 7.16. The molecule has 1 N–H and O–H groups in total. The van der Waals surface area contributed by atoms with Crippen molar-refractivity contribution in [2.75, 3.05) is 11.9 Å². The fourth-order valence-electron chi connectivity index (χ4n) is 2.82. The molecule has 3 heterocycles. The van der Waals surface area contributed by atoms with E-state index in [1.54, 1.807) is 30.9 Å². The molecule has 138 valence electrons. The van der Waals surface area contributed by atoms with E-state index in [1.807, 2.05) is 0 Å². The number of esters is 1. The Hall–Kier alpha value is -2.72. The lowest BCUT2D eigenvalue weighted by atomic mass is 10.1. The largest absolute Gasteiger partial charge is 0.465 e. The standard InChI is InChI=1S/C17H15N5O3S2/c1-2-25-16(24)9-3-4-12-13(9)21-17(27-12)22-14(23)11-8-26-15(20-11)10-7-18-5-6-19-10/h5-9H,2-4H2,1H3,(H,21,22,23). The lowest BCUT2D eigenvalue weighted by molar-refractivity contribution is -0.145. The summed E-state index contributed by atoms with van der Waals surface area (Å²) in [5.41, 5.74) is 1.62. The van der Waals surface area contributed by atoms with Crippen LogP contribution in [-0.2, 0) is 16.0 Å². The molecule has 0 saturated heterocycles. The summed E-state index contributed by atoms with van der Waals surface area (Å²) in [6.07, 6.45) is 6.22. The van der Waals surface area contributed by atoms with Gasteiger partial charge in [0.1, 0.15) is 22.3 Å². The van der Waals surface area contributed by atoms with E-state index in [1.165, 1.54) is 22.7 Å². The second-order valence-electron chi connectivity index (χ2n) is 5.75. The Morgan fingerprint density at radius 1 is 1.33 bits per heavy atom. The van der Waals surface area contributed by atoms with Gasteiger partial charge in [0.2, 0.25) is 0 Å². The van der Waals surface area contributed by atoms with Crippen molar-refractivity contribution in [1.29, 1.82) is 0 Å². The molecule has 10 heteroatoms. The molecule has 1 aliphatic carbocycles. The van der Waals surface area contributed by atoms with Gasteiger partial charge in [-0.05, 0) is 19.8 Å². The summed E-state index contributed by atoms with van der Waals surface area (Å²) >= 11 is 2.71. The molecule has 8 nitrogen and oxygen atoms in total. The third-order valence-electron chi connectivity index (χ3n) is 4.03. The van der Waals surface area contributed by atoms with E-state index in [0.717, 1.165) is 11.3 Å². The van der Waals surface area contributed by atoms with Crippen LogP contribution in [0.3, 0.4) is 0 Å². The third kappa shape index (κ3) is 3.58. The van der Waals surface area contributed by atoms with Crippen LogP contribution < -0.4 is 5.32 Å². The van der Waals surface area contributed by atoms with Crippen LogP contribution in [0.1, 0.15) is 40.3 Å². The first-order valence-electron chi connectivity index (χ1n) is 8.35. The topological polar surface area (TPSA) is 107 Å². The van der Waals surface area contributed by atoms with Crippen LogP contribution in [0.15, 0.2) is 24.0 Å². The summed E-state index contributed by atoms with van der Waals surface area (Å²) in [4.78, 5) is 42.5. The van der Waals surface area contributed by atoms with Gasteiger partial charge in [-0.1, -0.05) is 0 Å². The maximum atomic E-state index is 12.5. The zero-order chi connectivity index (χ0) is 18.8. The van der Waals surface area contributed by atoms with Gasteiger partial charge in [0.05, 0.1) is 18.5 Å². The van der Waals surface area contributed by atoms with Crippen LogP contribution in [0.25, 0.3) is 10.7 Å². The highest BCUT2D eigenvalue weighted by Crippen LogP contribution is 2.39. The van der Waals surface area contributed by atoms with Crippen LogP contribution in [0.2, 0.25) is 0 Å². The van der Waals surface area contributed by atoms with Crippen LogP contribution in [-0.4, -0.2) is 38.4 Å². The summed E-state index contributed by atoms with van der Waals surface area (Å²) in [5, 5.41) is 5.53. The number of carbonyl (C=O) groups excluding carboxylic acids is 2. The normalized spacial score (nSPS) is 15.4. The van der Waals surface area contributed by atoms with Crippen molar-refractivity contribution in [3.8, 4) is 10.7 Å². The summed E-state index contributed by atoms with van der Waals surface area (Å²) < 4.78 is 5.11. The zero-order valence-electron chi connectivity index (χ0n) is 14.3. The highest BCUT2D eigenvalue weighted by atomic mass is 32.1. The van der Waals surface area contributed by atoms with Crippen molar-refractivity contribution in [3.63, 3.8) is 0 Å². The lowest BCUT2D eigenvalue weighted by Crippen LogP contribution is -2.15. The molecule has 0 fully saturated rings. The Labute approximate surface area is 162 Å². The monoisotopic (exact) mass is 401 g/mol. The van der Waals surface area contributed by atoms with Gasteiger partial charge < -0.3 is 4.74 Å². The molecule has 1 atom stereocenters. The van der Waals surface area contributed by atoms with Crippen molar-refractivity contribution in [2.45, 2.75) is 25.7 Å². The molecule has 0 aliphatic heterocycles. The first kappa shape index (κ1) is 17.7. The molecule has 1 unspecified atom stereocenters. The van der Waals surface area contributed by atoms with Gasteiger partial charge in [0, 0.05) is 22.7 Å². The van der Waals surface area contributed by atoms with E-state index in [0.29, 0.717) is 34.6 Å². The number of aromatic nitrogens is 4. The molecular formula is C17H15N5O3S2. The van der Waals surface area contributed by atoms with Crippen molar-refractivity contribution in [2.24, 2.45) is 0 Å². The lowest BCUT2D eigenvalue weighted by Gasteiger charge is -2.07. The zero-order valence-corrected chi connectivity index (χ0v) is 16.0. The van der Waals surface area contributed by atoms with Crippen LogP contribution in [0.4, 0.5) is 5.13 Å². The second kappa shape index (κ2) is 7.49. The summed E-state index contributed by atoms with van der Waals surface area (Å²) in [6, 6.07) is 0. The maximum Gasteiger partial charge on any atom is 0.315 e. The van der Waals surface area contributed by atoms with Gasteiger partial charge in [-0.15, -0.1) is 22.7 Å². The number of anilines is 1. The molecule has 1 amide bonds. The van der Waals surface area contributed by atoms with Gasteiger partial charge in [-0.3, -0.25) is 24.9 Å². The number of hydrogen-bond acceptors (Lipinski definition) is 9. The first-order valence-corrected chi connectivity index (χ1v) is 10.0. The van der Waals surface area contributed by atoms with E-state index >= 15 is 0 Å². The van der Waals surface area contributed by atoms with E-state index in [9.17, 15) is 9.59 Å². The van der Waals surface area contributed by atoms with E-state index in [-0.39, 0.29) is 23.5 Å². The second-order valence-corrected chi connectivity index (χ2v) is 7.70. The van der Waals surface area contributed by atoms with Crippen molar-refractivity contribution >= 4 is 39.7 Å². The number of ether oxygens (including phenoxy) is 1. The number of fused-ring (bicyclic) bond motifs is 1. The molecule has 0 radical (unpaired) electrons. The number of amides is 1. The van der Waals surface area contributed by atoms with Crippen LogP contribution >= 0.6 is 22.7 Å². The minimum atomic E-state index is -0.346. The smallest absolute Gasteiger partial charge is 0.315 e. The van der Waals surface area contributed by atoms with E-state index in [4.69, 9.17) is 4.74 Å². The van der Waals surface area contributed by atoms with E-state index < -0.39 is 0 Å². The highest BCUT2D eigenvalue weighted by Gasteiger charge is 2.33. The molecule has 4 rings (SSSR count). The Balaban J connectivity index is 1.48. The van der Waals surface area contributed by atoms with Crippen LogP contribution in [0, 0.1) is 0 Å². The number of nitrogens with one attached hydrogen (secondary N) is 1. The van der Waals surface area contributed by atoms with Crippen molar-refractivity contribution in [3.05, 3.63) is 40.2 Å². The Morgan fingerprint density at radius 2 is 2.22 bits per heavy atom. The first-order chi connectivity index (χ1) is 13.2. The minimum Gasteiger partial charge on any atom is -0.465 e. The van der Waals surface area contributed by atoms with Crippen LogP contribution in [0.5, 0.6) is 0 Å².